The Bertz CT molecular complexity index is 513. The highest BCUT2D eigenvalue weighted by atomic mass is 35.5. The van der Waals surface area contributed by atoms with Gasteiger partial charge in [0.15, 0.2) is 11.6 Å². The van der Waals surface area contributed by atoms with Crippen LogP contribution in [0.15, 0.2) is 24.3 Å². The van der Waals surface area contributed by atoms with Crippen molar-refractivity contribution in [2.45, 2.75) is 12.5 Å². The Kier molecular flexibility index (Phi) is 3.61. The molecular weight excluding hydrogens is 242 g/mol. The quantitative estimate of drug-likeness (QED) is 0.845. The van der Waals surface area contributed by atoms with Crippen molar-refractivity contribution in [3.8, 4) is 11.4 Å². The van der Waals surface area contributed by atoms with Gasteiger partial charge in [-0.2, -0.15) is 0 Å². The maximum absolute atomic E-state index is 9.48. The minimum atomic E-state index is 0.181. The van der Waals surface area contributed by atoms with Gasteiger partial charge in [-0.1, -0.05) is 6.07 Å². The largest absolute Gasteiger partial charge is 0.508 e. The number of methoxy groups -OCH3 is 1. The van der Waals surface area contributed by atoms with Gasteiger partial charge in [0.05, 0.1) is 11.6 Å². The first kappa shape index (κ1) is 11.9. The van der Waals surface area contributed by atoms with Crippen LogP contribution in [0.3, 0.4) is 0 Å². The summed E-state index contributed by atoms with van der Waals surface area (Å²) >= 11 is 5.81. The van der Waals surface area contributed by atoms with E-state index in [1.165, 1.54) is 0 Å². The number of aromatic hydroxyl groups is 1. The van der Waals surface area contributed by atoms with Crippen molar-refractivity contribution in [1.29, 1.82) is 0 Å². The molecule has 1 N–H and O–H groups in total. The highest BCUT2D eigenvalue weighted by Gasteiger charge is 2.13. The number of aromatic nitrogens is 3. The highest BCUT2D eigenvalue weighted by molar-refractivity contribution is 6.16. The topological polar surface area (TPSA) is 60.2 Å². The molecule has 0 aliphatic heterocycles. The van der Waals surface area contributed by atoms with Crippen molar-refractivity contribution < 1.29 is 9.84 Å². The first-order valence-corrected chi connectivity index (χ1v) is 5.57. The standard InChI is InChI=1S/C11H12ClN3O2/c1-17-7-11-14-13-10(6-12)15(11)8-3-2-4-9(16)5-8/h2-5,16H,6-7H2,1H3. The zero-order valence-corrected chi connectivity index (χ0v) is 10.1. The predicted molar refractivity (Wildman–Crippen MR) is 63.3 cm³/mol. The fraction of sp³-hybridized carbons (Fsp3) is 0.273. The van der Waals surface area contributed by atoms with E-state index in [0.29, 0.717) is 18.3 Å². The Labute approximate surface area is 104 Å². The lowest BCUT2D eigenvalue weighted by atomic mass is 10.3. The lowest BCUT2D eigenvalue weighted by Gasteiger charge is -2.08. The van der Waals surface area contributed by atoms with Crippen molar-refractivity contribution in [3.05, 3.63) is 35.9 Å². The van der Waals surface area contributed by atoms with Crippen LogP contribution in [-0.4, -0.2) is 27.0 Å². The van der Waals surface area contributed by atoms with E-state index in [9.17, 15) is 5.11 Å². The van der Waals surface area contributed by atoms with Crippen LogP contribution in [0.4, 0.5) is 0 Å². The molecule has 0 bridgehead atoms. The number of phenols is 1. The second-order valence-electron chi connectivity index (χ2n) is 3.45. The molecule has 0 radical (unpaired) electrons. The molecule has 6 heteroatoms. The summed E-state index contributed by atoms with van der Waals surface area (Å²) in [4.78, 5) is 0. The van der Waals surface area contributed by atoms with Crippen LogP contribution in [0.25, 0.3) is 5.69 Å². The van der Waals surface area contributed by atoms with E-state index in [1.807, 2.05) is 6.07 Å². The monoisotopic (exact) mass is 253 g/mol. The minimum Gasteiger partial charge on any atom is -0.508 e. The van der Waals surface area contributed by atoms with Crippen LogP contribution >= 0.6 is 11.6 Å². The molecule has 0 saturated heterocycles. The highest BCUT2D eigenvalue weighted by Crippen LogP contribution is 2.19. The molecule has 2 rings (SSSR count). The second kappa shape index (κ2) is 5.16. The van der Waals surface area contributed by atoms with Crippen LogP contribution in [0.5, 0.6) is 5.75 Å². The maximum atomic E-state index is 9.48. The molecule has 5 nitrogen and oxygen atoms in total. The Morgan fingerprint density at radius 3 is 2.76 bits per heavy atom. The van der Waals surface area contributed by atoms with E-state index < -0.39 is 0 Å². The number of phenolic OH excluding ortho intramolecular Hbond substituents is 1. The molecule has 1 aromatic heterocycles. The Balaban J connectivity index is 2.51. The van der Waals surface area contributed by atoms with E-state index in [0.717, 1.165) is 5.69 Å². The number of alkyl halides is 1. The van der Waals surface area contributed by atoms with Crippen LogP contribution in [0.1, 0.15) is 11.6 Å². The van der Waals surface area contributed by atoms with Crippen molar-refractivity contribution in [3.63, 3.8) is 0 Å². The lowest BCUT2D eigenvalue weighted by molar-refractivity contribution is 0.176. The molecular formula is C11H12ClN3O2. The number of benzene rings is 1. The summed E-state index contributed by atoms with van der Waals surface area (Å²) in [7, 11) is 1.59. The molecule has 0 unspecified atom stereocenters. The molecule has 2 aromatic rings. The average molecular weight is 254 g/mol. The van der Waals surface area contributed by atoms with Gasteiger partial charge < -0.3 is 9.84 Å². The Morgan fingerprint density at radius 2 is 2.12 bits per heavy atom. The number of hydrogen-bond acceptors (Lipinski definition) is 4. The summed E-state index contributed by atoms with van der Waals surface area (Å²) in [6.07, 6.45) is 0. The van der Waals surface area contributed by atoms with Crippen LogP contribution in [0.2, 0.25) is 0 Å². The summed E-state index contributed by atoms with van der Waals surface area (Å²) < 4.78 is 6.82. The number of rotatable bonds is 4. The van der Waals surface area contributed by atoms with Crippen LogP contribution in [-0.2, 0) is 17.2 Å². The molecule has 0 aliphatic rings. The first-order chi connectivity index (χ1) is 8.26. The lowest BCUT2D eigenvalue weighted by Crippen LogP contribution is -2.05. The van der Waals surface area contributed by atoms with E-state index >= 15 is 0 Å². The Morgan fingerprint density at radius 1 is 1.35 bits per heavy atom. The number of nitrogens with zero attached hydrogens (tertiary/aromatic N) is 3. The summed E-state index contributed by atoms with van der Waals surface area (Å²) in [6.45, 7) is 0.333. The van der Waals surface area contributed by atoms with Gasteiger partial charge in [0.1, 0.15) is 12.4 Å². The van der Waals surface area contributed by atoms with Gasteiger partial charge in [-0.05, 0) is 12.1 Å². The van der Waals surface area contributed by atoms with Crippen LogP contribution < -0.4 is 0 Å². The second-order valence-corrected chi connectivity index (χ2v) is 3.72. The van der Waals surface area contributed by atoms with E-state index in [2.05, 4.69) is 10.2 Å². The van der Waals surface area contributed by atoms with Crippen molar-refractivity contribution in [2.24, 2.45) is 0 Å². The molecule has 1 aromatic carbocycles. The summed E-state index contributed by atoms with van der Waals surface area (Å²) in [5, 5.41) is 17.5. The molecule has 0 fully saturated rings. The van der Waals surface area contributed by atoms with Gasteiger partial charge in [-0.25, -0.2) is 0 Å². The average Bonchev–Trinajstić information content (AvgIpc) is 2.72. The summed E-state index contributed by atoms with van der Waals surface area (Å²) in [5.74, 6) is 1.69. The van der Waals surface area contributed by atoms with Gasteiger partial charge in [0.2, 0.25) is 0 Å². The molecule has 0 aliphatic carbocycles. The normalized spacial score (nSPS) is 10.7. The first-order valence-electron chi connectivity index (χ1n) is 5.03. The maximum Gasteiger partial charge on any atom is 0.163 e. The molecule has 0 amide bonds. The van der Waals surface area contributed by atoms with Gasteiger partial charge >= 0.3 is 0 Å². The molecule has 17 heavy (non-hydrogen) atoms. The fourth-order valence-electron chi connectivity index (χ4n) is 1.59. The van der Waals surface area contributed by atoms with Gasteiger partial charge in [-0.3, -0.25) is 4.57 Å². The van der Waals surface area contributed by atoms with Crippen LogP contribution in [0, 0.1) is 0 Å². The molecule has 0 spiro atoms. The van der Waals surface area contributed by atoms with Gasteiger partial charge in [-0.15, -0.1) is 21.8 Å². The summed E-state index contributed by atoms with van der Waals surface area (Å²) in [6, 6.07) is 6.82. The molecule has 0 atom stereocenters. The zero-order valence-electron chi connectivity index (χ0n) is 9.30. The van der Waals surface area contributed by atoms with E-state index in [-0.39, 0.29) is 11.6 Å². The Hall–Kier alpha value is -1.59. The molecule has 90 valence electrons. The van der Waals surface area contributed by atoms with Crippen molar-refractivity contribution in [2.75, 3.05) is 7.11 Å². The predicted octanol–water partition coefficient (Wildman–Crippen LogP) is 1.86. The van der Waals surface area contributed by atoms with E-state index in [1.54, 1.807) is 29.9 Å². The van der Waals surface area contributed by atoms with Crippen molar-refractivity contribution >= 4 is 11.6 Å². The SMILES string of the molecule is COCc1nnc(CCl)n1-c1cccc(O)c1. The van der Waals surface area contributed by atoms with Gasteiger partial charge in [0, 0.05) is 13.2 Å². The zero-order chi connectivity index (χ0) is 12.3. The fourth-order valence-corrected chi connectivity index (χ4v) is 1.77. The smallest absolute Gasteiger partial charge is 0.163 e. The third-order valence-corrected chi connectivity index (χ3v) is 2.52. The third kappa shape index (κ3) is 2.40. The number of ether oxygens (including phenoxy) is 1. The molecule has 0 saturated carbocycles. The number of hydrogen-bond donors (Lipinski definition) is 1. The van der Waals surface area contributed by atoms with Crippen molar-refractivity contribution in [1.82, 2.24) is 14.8 Å². The molecule has 1 heterocycles. The number of halogens is 1. The van der Waals surface area contributed by atoms with Gasteiger partial charge in [0.25, 0.3) is 0 Å². The summed E-state index contributed by atoms with van der Waals surface area (Å²) in [5.41, 5.74) is 0.762. The third-order valence-electron chi connectivity index (χ3n) is 2.28. The minimum absolute atomic E-state index is 0.181. The van der Waals surface area contributed by atoms with E-state index in [4.69, 9.17) is 16.3 Å².